The summed E-state index contributed by atoms with van der Waals surface area (Å²) in [6.07, 6.45) is 1.50. The molecule has 0 amide bonds. The highest BCUT2D eigenvalue weighted by Gasteiger charge is 2.17. The molecule has 0 aliphatic carbocycles. The van der Waals surface area contributed by atoms with Crippen LogP contribution in [0.15, 0.2) is 34.9 Å². The van der Waals surface area contributed by atoms with Gasteiger partial charge in [-0.05, 0) is 40.5 Å². The van der Waals surface area contributed by atoms with Crippen molar-refractivity contribution >= 4 is 33.2 Å². The van der Waals surface area contributed by atoms with Crippen LogP contribution in [0.1, 0.15) is 5.56 Å². The molecule has 0 aliphatic heterocycles. The second kappa shape index (κ2) is 5.54. The minimum absolute atomic E-state index is 0.104. The van der Waals surface area contributed by atoms with Crippen molar-refractivity contribution in [3.05, 3.63) is 55.6 Å². The minimum Gasteiger partial charge on any atom is -0.430 e. The Morgan fingerprint density at radius 2 is 2.16 bits per heavy atom. The Balaban J connectivity index is 2.40. The monoisotopic (exact) mass is 342 g/mol. The van der Waals surface area contributed by atoms with Crippen LogP contribution in [-0.2, 0) is 0 Å². The van der Waals surface area contributed by atoms with E-state index in [1.165, 1.54) is 18.3 Å². The number of hydrogen-bond donors (Lipinski definition) is 0. The van der Waals surface area contributed by atoms with Gasteiger partial charge in [-0.25, -0.2) is 4.98 Å². The molecule has 7 heteroatoms. The summed E-state index contributed by atoms with van der Waals surface area (Å²) in [5.74, 6) is 0.226. The first-order valence-corrected chi connectivity index (χ1v) is 6.38. The fourth-order valence-electron chi connectivity index (χ4n) is 1.44. The lowest BCUT2D eigenvalue weighted by Crippen LogP contribution is -1.95. The molecule has 0 N–H and O–H groups in total. The zero-order valence-corrected chi connectivity index (χ0v) is 12.1. The number of ether oxygens (including phenoxy) is 1. The average molecular weight is 344 g/mol. The van der Waals surface area contributed by atoms with Gasteiger partial charge in [-0.1, -0.05) is 17.7 Å². The number of halogens is 2. The molecule has 1 aromatic heterocycles. The van der Waals surface area contributed by atoms with Crippen molar-refractivity contribution in [3.63, 3.8) is 0 Å². The standard InChI is InChI=1S/C12H8BrClN2O3/c1-7-2-3-11(10(4-7)16(17)18)19-12-9(14)5-8(13)6-15-12/h2-6H,1H3. The van der Waals surface area contributed by atoms with Crippen LogP contribution in [0.5, 0.6) is 11.6 Å². The molecular weight excluding hydrogens is 336 g/mol. The molecule has 19 heavy (non-hydrogen) atoms. The van der Waals surface area contributed by atoms with Gasteiger partial charge in [0.2, 0.25) is 11.6 Å². The summed E-state index contributed by atoms with van der Waals surface area (Å²) in [6, 6.07) is 6.27. The maximum atomic E-state index is 11.0. The summed E-state index contributed by atoms with van der Waals surface area (Å²) in [5, 5.41) is 11.2. The normalized spacial score (nSPS) is 10.3. The quantitative estimate of drug-likeness (QED) is 0.607. The first-order valence-electron chi connectivity index (χ1n) is 5.21. The fraction of sp³-hybridized carbons (Fsp3) is 0.0833. The van der Waals surface area contributed by atoms with E-state index in [2.05, 4.69) is 20.9 Å². The van der Waals surface area contributed by atoms with Crippen molar-refractivity contribution in [3.8, 4) is 11.6 Å². The molecule has 2 aromatic rings. The largest absolute Gasteiger partial charge is 0.430 e. The number of pyridine rings is 1. The Kier molecular flexibility index (Phi) is 4.01. The Hall–Kier alpha value is -1.66. The van der Waals surface area contributed by atoms with Crippen molar-refractivity contribution in [1.82, 2.24) is 4.98 Å². The lowest BCUT2D eigenvalue weighted by Gasteiger charge is -2.07. The molecular formula is C12H8BrClN2O3. The molecule has 0 aliphatic rings. The van der Waals surface area contributed by atoms with Gasteiger partial charge in [0.1, 0.15) is 5.02 Å². The molecule has 0 unspecified atom stereocenters. The molecule has 0 bridgehead atoms. The van der Waals surface area contributed by atoms with E-state index in [-0.39, 0.29) is 22.3 Å². The third-order valence-corrected chi connectivity index (χ3v) is 3.00. The number of aryl methyl sites for hydroxylation is 1. The van der Waals surface area contributed by atoms with Gasteiger partial charge in [0.05, 0.1) is 4.92 Å². The van der Waals surface area contributed by atoms with Gasteiger partial charge in [-0.2, -0.15) is 0 Å². The molecule has 0 saturated carbocycles. The van der Waals surface area contributed by atoms with Crippen LogP contribution in [0, 0.1) is 17.0 Å². The van der Waals surface area contributed by atoms with E-state index in [9.17, 15) is 10.1 Å². The van der Waals surface area contributed by atoms with Crippen LogP contribution in [0.2, 0.25) is 5.02 Å². The summed E-state index contributed by atoms with van der Waals surface area (Å²) in [7, 11) is 0. The third-order valence-electron chi connectivity index (χ3n) is 2.29. The minimum atomic E-state index is -0.505. The van der Waals surface area contributed by atoms with E-state index < -0.39 is 4.92 Å². The predicted molar refractivity (Wildman–Crippen MR) is 74.9 cm³/mol. The first kappa shape index (κ1) is 13.8. The molecule has 5 nitrogen and oxygen atoms in total. The fourth-order valence-corrected chi connectivity index (χ4v) is 2.11. The SMILES string of the molecule is Cc1ccc(Oc2ncc(Br)cc2Cl)c([N+](=O)[O-])c1. The van der Waals surface area contributed by atoms with Crippen LogP contribution < -0.4 is 4.74 Å². The maximum Gasteiger partial charge on any atom is 0.311 e. The van der Waals surface area contributed by atoms with Crippen molar-refractivity contribution in [1.29, 1.82) is 0 Å². The summed E-state index contributed by atoms with van der Waals surface area (Å²) in [4.78, 5) is 14.4. The smallest absolute Gasteiger partial charge is 0.311 e. The van der Waals surface area contributed by atoms with Crippen LogP contribution in [0.25, 0.3) is 0 Å². The van der Waals surface area contributed by atoms with Gasteiger partial charge >= 0.3 is 5.69 Å². The molecule has 1 aromatic carbocycles. The van der Waals surface area contributed by atoms with Gasteiger partial charge in [0.15, 0.2) is 0 Å². The predicted octanol–water partition coefficient (Wildman–Crippen LogP) is 4.51. The average Bonchev–Trinajstić information content (AvgIpc) is 2.34. The van der Waals surface area contributed by atoms with Gasteiger partial charge in [-0.15, -0.1) is 0 Å². The van der Waals surface area contributed by atoms with E-state index in [0.29, 0.717) is 4.47 Å². The highest BCUT2D eigenvalue weighted by Crippen LogP contribution is 2.34. The molecule has 98 valence electrons. The van der Waals surface area contributed by atoms with Crippen molar-refractivity contribution < 1.29 is 9.66 Å². The zero-order chi connectivity index (χ0) is 14.0. The van der Waals surface area contributed by atoms with E-state index >= 15 is 0 Å². The Morgan fingerprint density at radius 1 is 1.42 bits per heavy atom. The van der Waals surface area contributed by atoms with Gasteiger partial charge in [0, 0.05) is 16.7 Å². The third kappa shape index (κ3) is 3.21. The van der Waals surface area contributed by atoms with Crippen molar-refractivity contribution in [2.45, 2.75) is 6.92 Å². The first-order chi connectivity index (χ1) is 8.97. The summed E-state index contributed by atoms with van der Waals surface area (Å²) >= 11 is 9.17. The summed E-state index contributed by atoms with van der Waals surface area (Å²) < 4.78 is 6.10. The second-order valence-electron chi connectivity index (χ2n) is 3.77. The number of nitro benzene ring substituents is 1. The van der Waals surface area contributed by atoms with Gasteiger partial charge in [0.25, 0.3) is 0 Å². The van der Waals surface area contributed by atoms with Crippen LogP contribution in [0.3, 0.4) is 0 Å². The number of aromatic nitrogens is 1. The zero-order valence-electron chi connectivity index (χ0n) is 9.76. The molecule has 0 radical (unpaired) electrons. The molecule has 0 fully saturated rings. The Bertz CT molecular complexity index is 649. The molecule has 0 saturated heterocycles. The number of nitrogens with zero attached hydrogens (tertiary/aromatic N) is 2. The number of nitro groups is 1. The van der Waals surface area contributed by atoms with Crippen molar-refractivity contribution in [2.24, 2.45) is 0 Å². The Morgan fingerprint density at radius 3 is 2.79 bits per heavy atom. The molecule has 0 atom stereocenters. The van der Waals surface area contributed by atoms with E-state index in [1.54, 1.807) is 19.1 Å². The van der Waals surface area contributed by atoms with Crippen molar-refractivity contribution in [2.75, 3.05) is 0 Å². The van der Waals surface area contributed by atoms with Crippen LogP contribution >= 0.6 is 27.5 Å². The lowest BCUT2D eigenvalue weighted by molar-refractivity contribution is -0.385. The Labute approximate surface area is 122 Å². The van der Waals surface area contributed by atoms with Crippen LogP contribution in [-0.4, -0.2) is 9.91 Å². The van der Waals surface area contributed by atoms with E-state index in [4.69, 9.17) is 16.3 Å². The highest BCUT2D eigenvalue weighted by atomic mass is 79.9. The number of hydrogen-bond acceptors (Lipinski definition) is 4. The molecule has 1 heterocycles. The van der Waals surface area contributed by atoms with E-state index in [0.717, 1.165) is 5.56 Å². The van der Waals surface area contributed by atoms with E-state index in [1.807, 2.05) is 0 Å². The number of benzene rings is 1. The number of rotatable bonds is 3. The highest BCUT2D eigenvalue weighted by molar-refractivity contribution is 9.10. The van der Waals surface area contributed by atoms with Gasteiger partial charge < -0.3 is 4.74 Å². The van der Waals surface area contributed by atoms with Crippen LogP contribution in [0.4, 0.5) is 5.69 Å². The lowest BCUT2D eigenvalue weighted by atomic mass is 10.2. The topological polar surface area (TPSA) is 65.3 Å². The van der Waals surface area contributed by atoms with Gasteiger partial charge in [-0.3, -0.25) is 10.1 Å². The maximum absolute atomic E-state index is 11.0. The molecule has 2 rings (SSSR count). The summed E-state index contributed by atoms with van der Waals surface area (Å²) in [5.41, 5.74) is 0.648. The second-order valence-corrected chi connectivity index (χ2v) is 5.09. The summed E-state index contributed by atoms with van der Waals surface area (Å²) in [6.45, 7) is 1.77. The molecule has 0 spiro atoms.